The van der Waals surface area contributed by atoms with Crippen LogP contribution < -0.4 is 14.8 Å². The predicted molar refractivity (Wildman–Crippen MR) is 88.6 cm³/mol. The van der Waals surface area contributed by atoms with Gasteiger partial charge in [-0.05, 0) is 43.3 Å². The van der Waals surface area contributed by atoms with Crippen LogP contribution in [0.4, 0.5) is 5.69 Å². The van der Waals surface area contributed by atoms with Crippen LogP contribution in [0.15, 0.2) is 48.5 Å². The van der Waals surface area contributed by atoms with Crippen molar-refractivity contribution < 1.29 is 14.3 Å². The van der Waals surface area contributed by atoms with E-state index in [4.69, 9.17) is 9.47 Å². The van der Waals surface area contributed by atoms with Crippen molar-refractivity contribution in [1.29, 1.82) is 0 Å². The SMILES string of the molecule is CC=Cc1ccc(NC(=O)c2ccc(OC)cc2)cc1OC. The van der Waals surface area contributed by atoms with E-state index in [0.717, 1.165) is 5.56 Å². The Labute approximate surface area is 130 Å². The van der Waals surface area contributed by atoms with Crippen LogP contribution in [0.5, 0.6) is 11.5 Å². The van der Waals surface area contributed by atoms with E-state index in [-0.39, 0.29) is 5.91 Å². The van der Waals surface area contributed by atoms with Gasteiger partial charge in [-0.1, -0.05) is 12.2 Å². The fourth-order valence-electron chi connectivity index (χ4n) is 2.05. The molecule has 0 radical (unpaired) electrons. The topological polar surface area (TPSA) is 47.6 Å². The van der Waals surface area contributed by atoms with E-state index in [1.54, 1.807) is 44.6 Å². The van der Waals surface area contributed by atoms with Gasteiger partial charge in [0.15, 0.2) is 0 Å². The minimum Gasteiger partial charge on any atom is -0.497 e. The molecule has 114 valence electrons. The van der Waals surface area contributed by atoms with Crippen LogP contribution in [0.3, 0.4) is 0 Å². The normalized spacial score (nSPS) is 10.5. The maximum absolute atomic E-state index is 12.2. The molecular weight excluding hydrogens is 278 g/mol. The largest absolute Gasteiger partial charge is 0.497 e. The second-order valence-electron chi connectivity index (χ2n) is 4.64. The summed E-state index contributed by atoms with van der Waals surface area (Å²) in [4.78, 5) is 12.2. The van der Waals surface area contributed by atoms with Crippen LogP contribution in [0.1, 0.15) is 22.8 Å². The summed E-state index contributed by atoms with van der Waals surface area (Å²) in [5.74, 6) is 1.25. The third-order valence-corrected chi connectivity index (χ3v) is 3.19. The standard InChI is InChI=1S/C18H19NO3/c1-4-5-13-6-9-15(12-17(13)22-3)19-18(20)14-7-10-16(21-2)11-8-14/h4-12H,1-3H3,(H,19,20). The molecule has 0 unspecified atom stereocenters. The van der Waals surface area contributed by atoms with E-state index >= 15 is 0 Å². The summed E-state index contributed by atoms with van der Waals surface area (Å²) in [6.45, 7) is 1.94. The Balaban J connectivity index is 2.17. The summed E-state index contributed by atoms with van der Waals surface area (Å²) in [6.07, 6.45) is 3.89. The van der Waals surface area contributed by atoms with Crippen molar-refractivity contribution in [2.45, 2.75) is 6.92 Å². The van der Waals surface area contributed by atoms with Crippen LogP contribution in [-0.2, 0) is 0 Å². The van der Waals surface area contributed by atoms with Crippen molar-refractivity contribution in [3.05, 3.63) is 59.7 Å². The number of hydrogen-bond donors (Lipinski definition) is 1. The van der Waals surface area contributed by atoms with Crippen LogP contribution >= 0.6 is 0 Å². The van der Waals surface area contributed by atoms with E-state index < -0.39 is 0 Å². The van der Waals surface area contributed by atoms with E-state index in [1.807, 2.05) is 31.2 Å². The molecule has 0 aliphatic rings. The number of nitrogens with one attached hydrogen (secondary N) is 1. The first-order chi connectivity index (χ1) is 10.7. The van der Waals surface area contributed by atoms with Crippen molar-refractivity contribution >= 4 is 17.7 Å². The number of ether oxygens (including phenoxy) is 2. The molecule has 1 amide bonds. The lowest BCUT2D eigenvalue weighted by Gasteiger charge is -2.10. The molecule has 0 atom stereocenters. The van der Waals surface area contributed by atoms with Crippen molar-refractivity contribution in [3.63, 3.8) is 0 Å². The van der Waals surface area contributed by atoms with Crippen LogP contribution in [0.2, 0.25) is 0 Å². The molecule has 4 heteroatoms. The van der Waals surface area contributed by atoms with Gasteiger partial charge in [0.2, 0.25) is 0 Å². The number of hydrogen-bond acceptors (Lipinski definition) is 3. The summed E-state index contributed by atoms with van der Waals surface area (Å²) in [5, 5.41) is 2.86. The van der Waals surface area contributed by atoms with Crippen molar-refractivity contribution in [1.82, 2.24) is 0 Å². The first-order valence-corrected chi connectivity index (χ1v) is 6.94. The monoisotopic (exact) mass is 297 g/mol. The molecule has 0 saturated carbocycles. The van der Waals surface area contributed by atoms with Crippen LogP contribution in [-0.4, -0.2) is 20.1 Å². The minimum absolute atomic E-state index is 0.177. The highest BCUT2D eigenvalue weighted by atomic mass is 16.5. The molecule has 1 N–H and O–H groups in total. The molecule has 2 aromatic rings. The van der Waals surface area contributed by atoms with Gasteiger partial charge < -0.3 is 14.8 Å². The molecule has 22 heavy (non-hydrogen) atoms. The van der Waals surface area contributed by atoms with Gasteiger partial charge in [-0.15, -0.1) is 0 Å². The van der Waals surface area contributed by atoms with Gasteiger partial charge in [0.25, 0.3) is 5.91 Å². The van der Waals surface area contributed by atoms with Gasteiger partial charge in [-0.3, -0.25) is 4.79 Å². The average Bonchev–Trinajstić information content (AvgIpc) is 2.56. The quantitative estimate of drug-likeness (QED) is 0.907. The Bertz CT molecular complexity index is 675. The Morgan fingerprint density at radius 3 is 2.36 bits per heavy atom. The molecule has 0 heterocycles. The smallest absolute Gasteiger partial charge is 0.255 e. The second kappa shape index (κ2) is 7.31. The van der Waals surface area contributed by atoms with Crippen molar-refractivity contribution in [2.24, 2.45) is 0 Å². The number of amides is 1. The number of carbonyl (C=O) groups is 1. The van der Waals surface area contributed by atoms with Gasteiger partial charge in [0.05, 0.1) is 14.2 Å². The molecule has 0 saturated heterocycles. The molecule has 2 rings (SSSR count). The molecule has 0 aromatic heterocycles. The molecule has 0 spiro atoms. The predicted octanol–water partition coefficient (Wildman–Crippen LogP) is 3.99. The Morgan fingerprint density at radius 1 is 1.05 bits per heavy atom. The molecule has 2 aromatic carbocycles. The lowest BCUT2D eigenvalue weighted by molar-refractivity contribution is 0.102. The third kappa shape index (κ3) is 3.67. The number of carbonyl (C=O) groups excluding carboxylic acids is 1. The van der Waals surface area contributed by atoms with Gasteiger partial charge in [-0.2, -0.15) is 0 Å². The summed E-state index contributed by atoms with van der Waals surface area (Å²) in [6, 6.07) is 12.5. The average molecular weight is 297 g/mol. The minimum atomic E-state index is -0.177. The lowest BCUT2D eigenvalue weighted by atomic mass is 10.1. The summed E-state index contributed by atoms with van der Waals surface area (Å²) in [7, 11) is 3.20. The van der Waals surface area contributed by atoms with Gasteiger partial charge in [-0.25, -0.2) is 0 Å². The zero-order valence-corrected chi connectivity index (χ0v) is 12.9. The highest BCUT2D eigenvalue weighted by Gasteiger charge is 2.08. The fourth-order valence-corrected chi connectivity index (χ4v) is 2.05. The second-order valence-corrected chi connectivity index (χ2v) is 4.64. The van der Waals surface area contributed by atoms with Gasteiger partial charge in [0, 0.05) is 22.9 Å². The molecule has 0 fully saturated rings. The summed E-state index contributed by atoms with van der Waals surface area (Å²) in [5.41, 5.74) is 2.22. The van der Waals surface area contributed by atoms with Crippen molar-refractivity contribution in [2.75, 3.05) is 19.5 Å². The highest BCUT2D eigenvalue weighted by molar-refractivity contribution is 6.04. The number of allylic oxidation sites excluding steroid dienone is 1. The molecular formula is C18H19NO3. The maximum Gasteiger partial charge on any atom is 0.255 e. The van der Waals surface area contributed by atoms with E-state index in [2.05, 4.69) is 5.32 Å². The van der Waals surface area contributed by atoms with Crippen molar-refractivity contribution in [3.8, 4) is 11.5 Å². The fraction of sp³-hybridized carbons (Fsp3) is 0.167. The Kier molecular flexibility index (Phi) is 5.20. The number of methoxy groups -OCH3 is 2. The number of benzene rings is 2. The Hall–Kier alpha value is -2.75. The highest BCUT2D eigenvalue weighted by Crippen LogP contribution is 2.25. The van der Waals surface area contributed by atoms with E-state index in [1.165, 1.54) is 0 Å². The number of rotatable bonds is 5. The molecule has 0 aliphatic heterocycles. The molecule has 0 aliphatic carbocycles. The zero-order valence-electron chi connectivity index (χ0n) is 12.9. The summed E-state index contributed by atoms with van der Waals surface area (Å²) < 4.78 is 10.4. The molecule has 0 bridgehead atoms. The maximum atomic E-state index is 12.2. The van der Waals surface area contributed by atoms with Crippen LogP contribution in [0.25, 0.3) is 6.08 Å². The Morgan fingerprint density at radius 2 is 1.77 bits per heavy atom. The molecule has 4 nitrogen and oxygen atoms in total. The third-order valence-electron chi connectivity index (χ3n) is 3.19. The first kappa shape index (κ1) is 15.6. The zero-order chi connectivity index (χ0) is 15.9. The van der Waals surface area contributed by atoms with Gasteiger partial charge in [0.1, 0.15) is 11.5 Å². The number of anilines is 1. The van der Waals surface area contributed by atoms with Gasteiger partial charge >= 0.3 is 0 Å². The first-order valence-electron chi connectivity index (χ1n) is 6.94. The van der Waals surface area contributed by atoms with Crippen LogP contribution in [0, 0.1) is 0 Å². The lowest BCUT2D eigenvalue weighted by Crippen LogP contribution is -2.11. The summed E-state index contributed by atoms with van der Waals surface area (Å²) >= 11 is 0. The van der Waals surface area contributed by atoms with E-state index in [0.29, 0.717) is 22.7 Å². The van der Waals surface area contributed by atoms with E-state index in [9.17, 15) is 4.79 Å².